The maximum Gasteiger partial charge on any atom is 0.338 e. The van der Waals surface area contributed by atoms with Gasteiger partial charge in [-0.05, 0) is 38.0 Å². The Kier molecular flexibility index (Phi) is 7.73. The lowest BCUT2D eigenvalue weighted by atomic mass is 9.92. The molecule has 1 aromatic heterocycles. The van der Waals surface area contributed by atoms with E-state index in [1.54, 1.807) is 41.3 Å². The second-order valence-corrected chi connectivity index (χ2v) is 11.1. The first-order chi connectivity index (χ1) is 19.0. The molecule has 214 valence electrons. The van der Waals surface area contributed by atoms with Gasteiger partial charge in [-0.15, -0.1) is 11.3 Å². The number of alkyl halides is 2. The van der Waals surface area contributed by atoms with Crippen molar-refractivity contribution >= 4 is 29.1 Å². The minimum Gasteiger partial charge on any atom is -0.480 e. The number of carbonyl (C=O) groups excluding carboxylic acids is 1. The third-order valence-electron chi connectivity index (χ3n) is 7.87. The highest BCUT2D eigenvalue weighted by Gasteiger charge is 2.59. The predicted octanol–water partition coefficient (Wildman–Crippen LogP) is 3.22. The van der Waals surface area contributed by atoms with Crippen molar-refractivity contribution in [3.8, 4) is 0 Å². The highest BCUT2D eigenvalue weighted by atomic mass is 32.1. The highest BCUT2D eigenvalue weighted by molar-refractivity contribution is 7.11. The van der Waals surface area contributed by atoms with E-state index in [1.807, 2.05) is 0 Å². The Morgan fingerprint density at radius 2 is 2.10 bits per heavy atom. The number of aliphatic carboxylic acids is 1. The number of fused-ring (bicyclic) bond motifs is 1. The molecule has 2 aromatic rings. The molecular formula is C27H30F3N5O4S. The van der Waals surface area contributed by atoms with Gasteiger partial charge < -0.3 is 15.2 Å². The van der Waals surface area contributed by atoms with Crippen LogP contribution in [0.2, 0.25) is 0 Å². The fourth-order valence-corrected chi connectivity index (χ4v) is 6.31. The topological polar surface area (TPSA) is 107 Å². The number of carboxylic acids is 1. The number of benzene rings is 1. The fourth-order valence-electron chi connectivity index (χ4n) is 5.72. The summed E-state index contributed by atoms with van der Waals surface area (Å²) in [7, 11) is 0. The molecular weight excluding hydrogens is 547 g/mol. The van der Waals surface area contributed by atoms with Crippen LogP contribution in [0.3, 0.4) is 0 Å². The van der Waals surface area contributed by atoms with Gasteiger partial charge in [0.2, 0.25) is 0 Å². The summed E-state index contributed by atoms with van der Waals surface area (Å²) in [6, 6.07) is 2.02. The maximum atomic E-state index is 15.2. The molecule has 0 aliphatic carbocycles. The zero-order valence-corrected chi connectivity index (χ0v) is 23.1. The minimum absolute atomic E-state index is 0.0459. The molecule has 0 unspecified atom stereocenters. The molecule has 4 atom stereocenters. The summed E-state index contributed by atoms with van der Waals surface area (Å²) in [5.41, 5.74) is 1.17. The van der Waals surface area contributed by atoms with Crippen LogP contribution in [0, 0.1) is 18.7 Å². The number of thiazole rings is 1. The Bertz CT molecular complexity index is 1370. The van der Waals surface area contributed by atoms with Gasteiger partial charge >= 0.3 is 11.9 Å². The SMILES string of the molecule is CCOC(=O)C1=C(CN2CC(F)(F)[C@H]3CN([C@H](C)C(=O)O)C[C@H]32)NC(c2nccs2)=N[C@H]1c1cccc(F)c1C. The van der Waals surface area contributed by atoms with Crippen molar-refractivity contribution in [3.63, 3.8) is 0 Å². The average Bonchev–Trinajstić information content (AvgIpc) is 3.64. The molecule has 0 saturated carbocycles. The number of likely N-dealkylation sites (tertiary alicyclic amines) is 2. The summed E-state index contributed by atoms with van der Waals surface area (Å²) >= 11 is 1.31. The fraction of sp³-hybridized carbons (Fsp3) is 0.481. The monoisotopic (exact) mass is 577 g/mol. The number of ether oxygens (including phenoxy) is 1. The van der Waals surface area contributed by atoms with E-state index in [0.717, 1.165) is 0 Å². The lowest BCUT2D eigenvalue weighted by Crippen LogP contribution is -2.45. The number of carboxylic acid groups (broad SMARTS) is 1. The van der Waals surface area contributed by atoms with E-state index in [9.17, 15) is 19.1 Å². The van der Waals surface area contributed by atoms with Crippen molar-refractivity contribution in [3.05, 3.63) is 63.0 Å². The standard InChI is InChI=1S/C27H30F3N5O4S/c1-4-39-26(38)21-19(11-35-13-27(29,30)17-10-34(12-20(17)35)15(3)25(36)37)32-23(24-31-8-9-40-24)33-22(21)16-6-5-7-18(28)14(16)2/h5-9,15,17,20,22H,4,10-13H2,1-3H3,(H,32,33)(H,36,37)/t15-,17+,20-,22+/m1/s1. The first kappa shape index (κ1) is 28.2. The molecule has 0 bridgehead atoms. The van der Waals surface area contributed by atoms with Gasteiger partial charge in [0.25, 0.3) is 5.92 Å². The van der Waals surface area contributed by atoms with Gasteiger partial charge in [0.1, 0.15) is 17.9 Å². The number of hydrogen-bond donors (Lipinski definition) is 2. The molecule has 3 aliphatic rings. The van der Waals surface area contributed by atoms with Gasteiger partial charge in [0.05, 0.1) is 24.6 Å². The van der Waals surface area contributed by atoms with Crippen LogP contribution in [0.1, 0.15) is 36.0 Å². The summed E-state index contributed by atoms with van der Waals surface area (Å²) in [4.78, 5) is 37.1. The van der Waals surface area contributed by atoms with Gasteiger partial charge in [0, 0.05) is 43.0 Å². The predicted molar refractivity (Wildman–Crippen MR) is 142 cm³/mol. The van der Waals surface area contributed by atoms with Crippen LogP contribution in [0.25, 0.3) is 0 Å². The number of hydrogen-bond acceptors (Lipinski definition) is 9. The van der Waals surface area contributed by atoms with Crippen LogP contribution in [0.5, 0.6) is 0 Å². The molecule has 0 spiro atoms. The van der Waals surface area contributed by atoms with Gasteiger partial charge in [-0.3, -0.25) is 19.6 Å². The molecule has 3 aliphatic heterocycles. The second kappa shape index (κ2) is 10.9. The van der Waals surface area contributed by atoms with Crippen LogP contribution >= 0.6 is 11.3 Å². The molecule has 40 heavy (non-hydrogen) atoms. The summed E-state index contributed by atoms with van der Waals surface area (Å²) in [5.74, 6) is -6.00. The van der Waals surface area contributed by atoms with Crippen molar-refractivity contribution in [1.82, 2.24) is 20.1 Å². The average molecular weight is 578 g/mol. The zero-order valence-electron chi connectivity index (χ0n) is 22.2. The normalized spacial score (nSPS) is 25.4. The number of carbonyl (C=O) groups is 2. The van der Waals surface area contributed by atoms with E-state index < -0.39 is 54.3 Å². The molecule has 9 nitrogen and oxygen atoms in total. The van der Waals surface area contributed by atoms with Crippen LogP contribution in [0.4, 0.5) is 13.2 Å². The Hall–Kier alpha value is -3.29. The second-order valence-electron chi connectivity index (χ2n) is 10.2. The molecule has 0 amide bonds. The van der Waals surface area contributed by atoms with Crippen LogP contribution in [-0.4, -0.2) is 88.5 Å². The first-order valence-corrected chi connectivity index (χ1v) is 13.9. The number of nitrogens with zero attached hydrogens (tertiary/aromatic N) is 4. The molecule has 0 radical (unpaired) electrons. The van der Waals surface area contributed by atoms with E-state index in [-0.39, 0.29) is 31.8 Å². The molecule has 5 rings (SSSR count). The van der Waals surface area contributed by atoms with Gasteiger partial charge in [-0.1, -0.05) is 12.1 Å². The molecule has 4 heterocycles. The Balaban J connectivity index is 1.57. The summed E-state index contributed by atoms with van der Waals surface area (Å²) in [6.45, 7) is 4.29. The smallest absolute Gasteiger partial charge is 0.338 e. The molecule has 13 heteroatoms. The van der Waals surface area contributed by atoms with Crippen LogP contribution < -0.4 is 5.32 Å². The third kappa shape index (κ3) is 5.13. The number of halogens is 3. The highest BCUT2D eigenvalue weighted by Crippen LogP contribution is 2.44. The van der Waals surface area contributed by atoms with Crippen molar-refractivity contribution < 1.29 is 32.6 Å². The van der Waals surface area contributed by atoms with Crippen molar-refractivity contribution in [2.24, 2.45) is 10.9 Å². The van der Waals surface area contributed by atoms with Crippen molar-refractivity contribution in [1.29, 1.82) is 0 Å². The lowest BCUT2D eigenvalue weighted by Gasteiger charge is -2.32. The molecule has 2 saturated heterocycles. The number of aliphatic imine (C=N–C) groups is 1. The number of aromatic nitrogens is 1. The minimum atomic E-state index is -3.05. The Labute approximate surface area is 233 Å². The van der Waals surface area contributed by atoms with Crippen molar-refractivity contribution in [2.45, 2.75) is 44.8 Å². The quantitative estimate of drug-likeness (QED) is 0.461. The maximum absolute atomic E-state index is 15.2. The Morgan fingerprint density at radius 1 is 1.32 bits per heavy atom. The van der Waals surface area contributed by atoms with E-state index >= 15 is 8.78 Å². The molecule has 2 fully saturated rings. The van der Waals surface area contributed by atoms with Crippen LogP contribution in [-0.2, 0) is 14.3 Å². The van der Waals surface area contributed by atoms with Gasteiger partial charge in [0.15, 0.2) is 10.8 Å². The first-order valence-electron chi connectivity index (χ1n) is 13.0. The van der Waals surface area contributed by atoms with Gasteiger partial charge in [-0.25, -0.2) is 22.9 Å². The largest absolute Gasteiger partial charge is 0.480 e. The number of amidine groups is 1. The van der Waals surface area contributed by atoms with Crippen LogP contribution in [0.15, 0.2) is 46.0 Å². The number of nitrogens with one attached hydrogen (secondary N) is 1. The zero-order chi connectivity index (χ0) is 28.8. The molecule has 2 N–H and O–H groups in total. The Morgan fingerprint density at radius 3 is 2.77 bits per heavy atom. The lowest BCUT2D eigenvalue weighted by molar-refractivity contribution is -0.143. The summed E-state index contributed by atoms with van der Waals surface area (Å²) in [6.07, 6.45) is 1.60. The van der Waals surface area contributed by atoms with E-state index in [1.165, 1.54) is 30.4 Å². The van der Waals surface area contributed by atoms with E-state index in [0.29, 0.717) is 27.7 Å². The third-order valence-corrected chi connectivity index (χ3v) is 8.65. The summed E-state index contributed by atoms with van der Waals surface area (Å²) in [5, 5.41) is 14.9. The number of rotatable bonds is 8. The van der Waals surface area contributed by atoms with Crippen molar-refractivity contribution in [2.75, 3.05) is 32.8 Å². The molecule has 1 aromatic carbocycles. The van der Waals surface area contributed by atoms with E-state index in [4.69, 9.17) is 9.73 Å². The number of esters is 1. The van der Waals surface area contributed by atoms with Gasteiger partial charge in [-0.2, -0.15) is 0 Å². The summed E-state index contributed by atoms with van der Waals surface area (Å²) < 4.78 is 50.5. The van der Waals surface area contributed by atoms with E-state index in [2.05, 4.69) is 10.3 Å².